The molecule has 0 aliphatic carbocycles. The molecular formula is C11H21NO3. The topological polar surface area (TPSA) is 49.8 Å². The van der Waals surface area contributed by atoms with Gasteiger partial charge in [0.1, 0.15) is 6.23 Å². The van der Waals surface area contributed by atoms with E-state index in [1.165, 1.54) is 0 Å². The van der Waals surface area contributed by atoms with E-state index in [4.69, 9.17) is 4.74 Å². The van der Waals surface area contributed by atoms with Crippen molar-refractivity contribution in [1.82, 2.24) is 4.90 Å². The molecule has 0 spiro atoms. The summed E-state index contributed by atoms with van der Waals surface area (Å²) in [5.74, 6) is -0.344. The number of unbranched alkanes of at least 4 members (excludes halogenated alkanes) is 1. The minimum Gasteiger partial charge on any atom is -0.462 e. The summed E-state index contributed by atoms with van der Waals surface area (Å²) in [6, 6.07) is 0. The maximum absolute atomic E-state index is 11.0. The zero-order valence-electron chi connectivity index (χ0n) is 9.82. The molecule has 0 amide bonds. The fourth-order valence-electron chi connectivity index (χ4n) is 0.975. The van der Waals surface area contributed by atoms with E-state index in [-0.39, 0.29) is 5.97 Å². The van der Waals surface area contributed by atoms with Gasteiger partial charge < -0.3 is 9.84 Å². The van der Waals surface area contributed by atoms with Crippen LogP contribution in [0.25, 0.3) is 0 Å². The van der Waals surface area contributed by atoms with E-state index in [1.54, 1.807) is 11.8 Å². The van der Waals surface area contributed by atoms with Crippen molar-refractivity contribution in [2.24, 2.45) is 0 Å². The highest BCUT2D eigenvalue weighted by molar-refractivity contribution is 5.86. The SMILES string of the molecule is C=C(C)C(=O)OCCCCC(O)N(C)C. The lowest BCUT2D eigenvalue weighted by Gasteiger charge is -2.17. The third-order valence-corrected chi connectivity index (χ3v) is 2.03. The predicted octanol–water partition coefficient (Wildman–Crippen LogP) is 1.16. The fraction of sp³-hybridized carbons (Fsp3) is 0.727. The summed E-state index contributed by atoms with van der Waals surface area (Å²) in [4.78, 5) is 12.7. The number of carbonyl (C=O) groups excluding carboxylic acids is 1. The van der Waals surface area contributed by atoms with Gasteiger partial charge in [0.05, 0.1) is 6.61 Å². The van der Waals surface area contributed by atoms with Crippen molar-refractivity contribution in [3.63, 3.8) is 0 Å². The number of esters is 1. The first-order chi connectivity index (χ1) is 6.95. The smallest absolute Gasteiger partial charge is 0.333 e. The largest absolute Gasteiger partial charge is 0.462 e. The molecule has 0 saturated heterocycles. The fourth-order valence-corrected chi connectivity index (χ4v) is 0.975. The molecule has 0 aromatic carbocycles. The van der Waals surface area contributed by atoms with Crippen molar-refractivity contribution >= 4 is 5.97 Å². The van der Waals surface area contributed by atoms with Crippen LogP contribution in [0.15, 0.2) is 12.2 Å². The van der Waals surface area contributed by atoms with Crippen LogP contribution in [0.3, 0.4) is 0 Å². The molecule has 0 aromatic rings. The first-order valence-corrected chi connectivity index (χ1v) is 5.12. The molecule has 0 saturated carbocycles. The number of aliphatic hydroxyl groups is 1. The number of hydrogen-bond acceptors (Lipinski definition) is 4. The normalized spacial score (nSPS) is 12.6. The van der Waals surface area contributed by atoms with E-state index in [1.807, 2.05) is 14.1 Å². The van der Waals surface area contributed by atoms with Crippen LogP contribution in [0.5, 0.6) is 0 Å². The van der Waals surface area contributed by atoms with Crippen LogP contribution >= 0.6 is 0 Å². The minimum atomic E-state index is -0.415. The molecule has 0 heterocycles. The van der Waals surface area contributed by atoms with Crippen molar-refractivity contribution in [2.75, 3.05) is 20.7 Å². The van der Waals surface area contributed by atoms with Crippen molar-refractivity contribution in [3.8, 4) is 0 Å². The molecule has 1 atom stereocenters. The molecule has 15 heavy (non-hydrogen) atoms. The summed E-state index contributed by atoms with van der Waals surface area (Å²) in [6.07, 6.45) is 1.88. The molecule has 88 valence electrons. The monoisotopic (exact) mass is 215 g/mol. The average Bonchev–Trinajstić information content (AvgIpc) is 2.16. The Morgan fingerprint density at radius 2 is 2.07 bits per heavy atom. The van der Waals surface area contributed by atoms with E-state index >= 15 is 0 Å². The van der Waals surface area contributed by atoms with E-state index in [0.717, 1.165) is 12.8 Å². The molecular weight excluding hydrogens is 194 g/mol. The Hall–Kier alpha value is -0.870. The molecule has 0 aliphatic rings. The second kappa shape index (κ2) is 7.43. The minimum absolute atomic E-state index is 0.344. The quantitative estimate of drug-likeness (QED) is 0.299. The van der Waals surface area contributed by atoms with Gasteiger partial charge in [-0.15, -0.1) is 0 Å². The molecule has 0 aliphatic heterocycles. The standard InChI is InChI=1S/C11H21NO3/c1-9(2)11(14)15-8-6-5-7-10(13)12(3)4/h10,13H,1,5-8H2,2-4H3. The maximum Gasteiger partial charge on any atom is 0.333 e. The second-order valence-electron chi connectivity index (χ2n) is 3.86. The Labute approximate surface area is 91.5 Å². The highest BCUT2D eigenvalue weighted by Crippen LogP contribution is 2.03. The van der Waals surface area contributed by atoms with Gasteiger partial charge >= 0.3 is 5.97 Å². The van der Waals surface area contributed by atoms with Gasteiger partial charge in [-0.1, -0.05) is 6.58 Å². The molecule has 0 fully saturated rings. The van der Waals surface area contributed by atoms with Gasteiger partial charge in [0.2, 0.25) is 0 Å². The summed E-state index contributed by atoms with van der Waals surface area (Å²) < 4.78 is 4.91. The molecule has 4 heteroatoms. The zero-order valence-corrected chi connectivity index (χ0v) is 9.82. The van der Waals surface area contributed by atoms with Gasteiger partial charge in [0.25, 0.3) is 0 Å². The summed E-state index contributed by atoms with van der Waals surface area (Å²) in [5, 5.41) is 9.43. The van der Waals surface area contributed by atoms with Gasteiger partial charge in [0, 0.05) is 5.57 Å². The van der Waals surface area contributed by atoms with Crippen LogP contribution in [-0.2, 0) is 9.53 Å². The van der Waals surface area contributed by atoms with Gasteiger partial charge in [-0.25, -0.2) is 4.79 Å². The average molecular weight is 215 g/mol. The zero-order chi connectivity index (χ0) is 11.8. The van der Waals surface area contributed by atoms with Crippen molar-refractivity contribution in [1.29, 1.82) is 0 Å². The van der Waals surface area contributed by atoms with Crippen LogP contribution in [0.1, 0.15) is 26.2 Å². The van der Waals surface area contributed by atoms with E-state index in [0.29, 0.717) is 18.6 Å². The number of hydrogen-bond donors (Lipinski definition) is 1. The highest BCUT2D eigenvalue weighted by Gasteiger charge is 2.06. The van der Waals surface area contributed by atoms with Gasteiger partial charge in [-0.2, -0.15) is 0 Å². The Bertz CT molecular complexity index is 214. The Kier molecular flexibility index (Phi) is 6.99. The van der Waals surface area contributed by atoms with Crippen LogP contribution in [-0.4, -0.2) is 42.9 Å². The Morgan fingerprint density at radius 3 is 2.53 bits per heavy atom. The Morgan fingerprint density at radius 1 is 1.47 bits per heavy atom. The number of rotatable bonds is 7. The van der Waals surface area contributed by atoms with Crippen molar-refractivity contribution in [2.45, 2.75) is 32.4 Å². The van der Waals surface area contributed by atoms with E-state index in [2.05, 4.69) is 6.58 Å². The van der Waals surface area contributed by atoms with Gasteiger partial charge in [-0.05, 0) is 40.3 Å². The highest BCUT2D eigenvalue weighted by atomic mass is 16.5. The molecule has 0 aromatic heterocycles. The predicted molar refractivity (Wildman–Crippen MR) is 59.3 cm³/mol. The molecule has 0 bridgehead atoms. The van der Waals surface area contributed by atoms with E-state index in [9.17, 15) is 9.90 Å². The molecule has 4 nitrogen and oxygen atoms in total. The number of ether oxygens (including phenoxy) is 1. The van der Waals surface area contributed by atoms with Crippen molar-refractivity contribution < 1.29 is 14.6 Å². The first-order valence-electron chi connectivity index (χ1n) is 5.12. The Balaban J connectivity index is 3.40. The third kappa shape index (κ3) is 7.11. The lowest BCUT2D eigenvalue weighted by molar-refractivity contribution is -0.139. The molecule has 1 N–H and O–H groups in total. The van der Waals surface area contributed by atoms with Crippen LogP contribution in [0.2, 0.25) is 0 Å². The summed E-state index contributed by atoms with van der Waals surface area (Å²) >= 11 is 0. The third-order valence-electron chi connectivity index (χ3n) is 2.03. The summed E-state index contributed by atoms with van der Waals surface area (Å²) in [7, 11) is 3.65. The van der Waals surface area contributed by atoms with Crippen LogP contribution in [0.4, 0.5) is 0 Å². The maximum atomic E-state index is 11.0. The first kappa shape index (κ1) is 14.1. The summed E-state index contributed by atoms with van der Waals surface area (Å²) in [5.41, 5.74) is 0.420. The van der Waals surface area contributed by atoms with E-state index < -0.39 is 6.23 Å². The lowest BCUT2D eigenvalue weighted by Crippen LogP contribution is -2.27. The number of nitrogens with zero attached hydrogens (tertiary/aromatic N) is 1. The van der Waals surface area contributed by atoms with Crippen molar-refractivity contribution in [3.05, 3.63) is 12.2 Å². The molecule has 0 radical (unpaired) electrons. The van der Waals surface area contributed by atoms with Crippen LogP contribution in [0, 0.1) is 0 Å². The van der Waals surface area contributed by atoms with Crippen LogP contribution < -0.4 is 0 Å². The van der Waals surface area contributed by atoms with Gasteiger partial charge in [0.15, 0.2) is 0 Å². The lowest BCUT2D eigenvalue weighted by atomic mass is 10.2. The second-order valence-corrected chi connectivity index (χ2v) is 3.86. The number of carbonyl (C=O) groups is 1. The number of aliphatic hydroxyl groups excluding tert-OH is 1. The summed E-state index contributed by atoms with van der Waals surface area (Å²) in [6.45, 7) is 5.50. The van der Waals surface area contributed by atoms with Gasteiger partial charge in [-0.3, -0.25) is 4.90 Å². The molecule has 1 unspecified atom stereocenters. The molecule has 0 rings (SSSR count).